The van der Waals surface area contributed by atoms with E-state index in [0.29, 0.717) is 24.4 Å². The lowest BCUT2D eigenvalue weighted by Gasteiger charge is -1.97. The second kappa shape index (κ2) is 5.97. The van der Waals surface area contributed by atoms with E-state index in [2.05, 4.69) is 20.6 Å². The minimum atomic E-state index is -0.261. The molecule has 1 aromatic heterocycles. The van der Waals surface area contributed by atoms with E-state index in [-0.39, 0.29) is 5.97 Å². The molecule has 0 atom stereocenters. The van der Waals surface area contributed by atoms with Crippen LogP contribution in [0.5, 0.6) is 0 Å². The molecule has 0 aliphatic carbocycles. The van der Waals surface area contributed by atoms with Gasteiger partial charge in [-0.15, -0.1) is 11.3 Å². The second-order valence-electron chi connectivity index (χ2n) is 2.61. The standard InChI is InChI=1S/C8H11N3O3S/c1-14-7(13)3-2-6-4-15-8(10-6)11-9-5-12/h4-5H,2-3H2,1H3,(H,9,12)(H,10,11). The van der Waals surface area contributed by atoms with E-state index in [9.17, 15) is 9.59 Å². The summed E-state index contributed by atoms with van der Waals surface area (Å²) >= 11 is 1.35. The van der Waals surface area contributed by atoms with Crippen molar-refractivity contribution in [1.29, 1.82) is 0 Å². The predicted molar refractivity (Wildman–Crippen MR) is 55.3 cm³/mol. The number of thiazole rings is 1. The number of hydrogen-bond donors (Lipinski definition) is 2. The molecule has 0 saturated heterocycles. The van der Waals surface area contributed by atoms with Crippen molar-refractivity contribution in [3.8, 4) is 0 Å². The van der Waals surface area contributed by atoms with Crippen molar-refractivity contribution in [2.75, 3.05) is 12.5 Å². The van der Waals surface area contributed by atoms with Crippen LogP contribution in [0.3, 0.4) is 0 Å². The Morgan fingerprint density at radius 2 is 2.53 bits per heavy atom. The largest absolute Gasteiger partial charge is 0.469 e. The summed E-state index contributed by atoms with van der Waals surface area (Å²) in [6.07, 6.45) is 1.36. The molecule has 0 aliphatic heterocycles. The fraction of sp³-hybridized carbons (Fsp3) is 0.375. The maximum atomic E-state index is 10.8. The van der Waals surface area contributed by atoms with Gasteiger partial charge in [-0.1, -0.05) is 0 Å². The van der Waals surface area contributed by atoms with Crippen molar-refractivity contribution in [2.24, 2.45) is 0 Å². The summed E-state index contributed by atoms with van der Waals surface area (Å²) in [5.41, 5.74) is 5.66. The smallest absolute Gasteiger partial charge is 0.305 e. The third kappa shape index (κ3) is 3.94. The molecule has 0 aromatic carbocycles. The summed E-state index contributed by atoms with van der Waals surface area (Å²) in [6.45, 7) is 0. The molecule has 1 heterocycles. The Morgan fingerprint density at radius 3 is 3.20 bits per heavy atom. The number of ether oxygens (including phenoxy) is 1. The van der Waals surface area contributed by atoms with Crippen molar-refractivity contribution < 1.29 is 14.3 Å². The van der Waals surface area contributed by atoms with Crippen LogP contribution < -0.4 is 10.9 Å². The fourth-order valence-electron chi connectivity index (χ4n) is 0.903. The van der Waals surface area contributed by atoms with Crippen LogP contribution >= 0.6 is 11.3 Å². The molecule has 1 aromatic rings. The number of hydrogen-bond acceptors (Lipinski definition) is 6. The number of hydrazine groups is 1. The highest BCUT2D eigenvalue weighted by atomic mass is 32.1. The van der Waals surface area contributed by atoms with E-state index in [4.69, 9.17) is 0 Å². The number of carbonyl (C=O) groups is 2. The van der Waals surface area contributed by atoms with Gasteiger partial charge in [0.05, 0.1) is 19.2 Å². The number of anilines is 1. The number of carbonyl (C=O) groups excluding carboxylic acids is 2. The number of aryl methyl sites for hydroxylation is 1. The zero-order valence-corrected chi connectivity index (χ0v) is 8.97. The van der Waals surface area contributed by atoms with Crippen LogP contribution in [-0.2, 0) is 20.7 Å². The van der Waals surface area contributed by atoms with Crippen LogP contribution in [0.4, 0.5) is 5.13 Å². The molecule has 0 aliphatic rings. The van der Waals surface area contributed by atoms with Gasteiger partial charge in [0.15, 0.2) is 0 Å². The maximum absolute atomic E-state index is 10.8. The van der Waals surface area contributed by atoms with E-state index >= 15 is 0 Å². The van der Waals surface area contributed by atoms with Crippen molar-refractivity contribution in [3.05, 3.63) is 11.1 Å². The molecule has 0 radical (unpaired) electrons. The van der Waals surface area contributed by atoms with Gasteiger partial charge in [0.1, 0.15) is 0 Å². The number of methoxy groups -OCH3 is 1. The molecule has 0 unspecified atom stereocenters. The molecule has 82 valence electrons. The zero-order chi connectivity index (χ0) is 11.1. The van der Waals surface area contributed by atoms with Gasteiger partial charge < -0.3 is 4.74 Å². The summed E-state index contributed by atoms with van der Waals surface area (Å²) in [5, 5.41) is 2.40. The van der Waals surface area contributed by atoms with E-state index in [1.807, 2.05) is 5.38 Å². The summed E-state index contributed by atoms with van der Waals surface area (Å²) in [5.74, 6) is -0.261. The third-order valence-corrected chi connectivity index (χ3v) is 2.41. The Kier molecular flexibility index (Phi) is 4.55. The monoisotopic (exact) mass is 229 g/mol. The summed E-state index contributed by atoms with van der Waals surface area (Å²) < 4.78 is 4.51. The van der Waals surface area contributed by atoms with Crippen molar-refractivity contribution in [3.63, 3.8) is 0 Å². The third-order valence-electron chi connectivity index (χ3n) is 1.60. The Morgan fingerprint density at radius 1 is 1.73 bits per heavy atom. The lowest BCUT2D eigenvalue weighted by molar-refractivity contribution is -0.140. The molecule has 0 spiro atoms. The number of aromatic nitrogens is 1. The van der Waals surface area contributed by atoms with Gasteiger partial charge in [-0.3, -0.25) is 20.4 Å². The average Bonchev–Trinajstić information content (AvgIpc) is 2.71. The number of nitrogens with one attached hydrogen (secondary N) is 2. The van der Waals surface area contributed by atoms with Crippen molar-refractivity contribution in [1.82, 2.24) is 10.4 Å². The van der Waals surface area contributed by atoms with Crippen LogP contribution in [0.25, 0.3) is 0 Å². The molecule has 6 nitrogen and oxygen atoms in total. The Balaban J connectivity index is 2.38. The molecular formula is C8H11N3O3S. The lowest BCUT2D eigenvalue weighted by Crippen LogP contribution is -2.18. The van der Waals surface area contributed by atoms with Crippen LogP contribution in [0, 0.1) is 0 Å². The number of esters is 1. The first-order chi connectivity index (χ1) is 7.26. The molecule has 0 bridgehead atoms. The first-order valence-electron chi connectivity index (χ1n) is 4.22. The second-order valence-corrected chi connectivity index (χ2v) is 3.47. The Hall–Kier alpha value is -1.63. The van der Waals surface area contributed by atoms with Crippen LogP contribution in [0.2, 0.25) is 0 Å². The lowest BCUT2D eigenvalue weighted by atomic mass is 10.2. The summed E-state index contributed by atoms with van der Waals surface area (Å²) in [6, 6.07) is 0. The highest BCUT2D eigenvalue weighted by molar-refractivity contribution is 7.13. The first kappa shape index (κ1) is 11.4. The van der Waals surface area contributed by atoms with Gasteiger partial charge in [0.25, 0.3) is 0 Å². The minimum Gasteiger partial charge on any atom is -0.469 e. The van der Waals surface area contributed by atoms with E-state index in [0.717, 1.165) is 5.69 Å². The molecule has 1 amide bonds. The molecule has 15 heavy (non-hydrogen) atoms. The molecule has 0 saturated carbocycles. The SMILES string of the molecule is COC(=O)CCc1csc(NNC=O)n1. The zero-order valence-electron chi connectivity index (χ0n) is 8.15. The highest BCUT2D eigenvalue weighted by Crippen LogP contribution is 2.15. The Labute approximate surface area is 90.6 Å². The molecule has 7 heteroatoms. The highest BCUT2D eigenvalue weighted by Gasteiger charge is 2.05. The number of nitrogens with zero attached hydrogens (tertiary/aromatic N) is 1. The topological polar surface area (TPSA) is 80.3 Å². The van der Waals surface area contributed by atoms with E-state index < -0.39 is 0 Å². The Bertz CT molecular complexity index is 340. The molecule has 0 fully saturated rings. The van der Waals surface area contributed by atoms with Crippen LogP contribution in [0.1, 0.15) is 12.1 Å². The van der Waals surface area contributed by atoms with Gasteiger partial charge in [0, 0.05) is 11.8 Å². The van der Waals surface area contributed by atoms with E-state index in [1.165, 1.54) is 18.4 Å². The molecule has 2 N–H and O–H groups in total. The van der Waals surface area contributed by atoms with Crippen molar-refractivity contribution in [2.45, 2.75) is 12.8 Å². The van der Waals surface area contributed by atoms with Gasteiger partial charge in [0.2, 0.25) is 11.5 Å². The minimum absolute atomic E-state index is 0.261. The average molecular weight is 229 g/mol. The maximum Gasteiger partial charge on any atom is 0.305 e. The normalized spacial score (nSPS) is 9.40. The first-order valence-corrected chi connectivity index (χ1v) is 5.10. The molecular weight excluding hydrogens is 218 g/mol. The van der Waals surface area contributed by atoms with Gasteiger partial charge in [-0.05, 0) is 0 Å². The van der Waals surface area contributed by atoms with Gasteiger partial charge in [-0.2, -0.15) is 0 Å². The van der Waals surface area contributed by atoms with Gasteiger partial charge in [-0.25, -0.2) is 4.98 Å². The predicted octanol–water partition coefficient (Wildman–Crippen LogP) is 0.322. The quantitative estimate of drug-likeness (QED) is 0.417. The van der Waals surface area contributed by atoms with E-state index in [1.54, 1.807) is 0 Å². The number of amides is 1. The fourth-order valence-corrected chi connectivity index (χ4v) is 1.61. The van der Waals surface area contributed by atoms with Crippen LogP contribution in [-0.4, -0.2) is 24.5 Å². The number of rotatable bonds is 6. The summed E-state index contributed by atoms with van der Waals surface area (Å²) in [7, 11) is 1.35. The van der Waals surface area contributed by atoms with Gasteiger partial charge >= 0.3 is 5.97 Å². The summed E-state index contributed by atoms with van der Waals surface area (Å²) in [4.78, 5) is 25.0. The van der Waals surface area contributed by atoms with Crippen LogP contribution in [0.15, 0.2) is 5.38 Å². The molecule has 1 rings (SSSR count). The van der Waals surface area contributed by atoms with Crippen molar-refractivity contribution >= 4 is 28.8 Å².